The normalized spacial score (nSPS) is 28.8. The Hall–Kier alpha value is -3.47. The van der Waals surface area contributed by atoms with Gasteiger partial charge in [0.05, 0.1) is 23.1 Å². The summed E-state index contributed by atoms with van der Waals surface area (Å²) in [6.45, 7) is 2.07. The molecule has 144 valence electrons. The minimum Gasteiger partial charge on any atom is -0.478 e. The van der Waals surface area contributed by atoms with Gasteiger partial charge >= 0.3 is 5.97 Å². The Morgan fingerprint density at radius 1 is 0.828 bits per heavy atom. The lowest BCUT2D eigenvalue weighted by Gasteiger charge is -2.20. The van der Waals surface area contributed by atoms with Crippen molar-refractivity contribution >= 4 is 29.0 Å². The number of imide groups is 1. The topological polar surface area (TPSA) is 74.7 Å². The highest BCUT2D eigenvalue weighted by atomic mass is 16.4. The zero-order valence-electron chi connectivity index (χ0n) is 15.8. The number of rotatable bonds is 3. The van der Waals surface area contributed by atoms with Crippen LogP contribution in [0.25, 0.3) is 5.57 Å². The van der Waals surface area contributed by atoms with Crippen molar-refractivity contribution in [2.45, 2.75) is 6.92 Å². The molecule has 1 N–H and O–H groups in total. The Bertz CT molecular complexity index is 1060. The minimum atomic E-state index is -1.04. The second-order valence-corrected chi connectivity index (χ2v) is 7.80. The summed E-state index contributed by atoms with van der Waals surface area (Å²) >= 11 is 0. The Labute approximate surface area is 168 Å². The summed E-state index contributed by atoms with van der Waals surface area (Å²) in [5, 5.41) is 9.07. The van der Waals surface area contributed by atoms with Gasteiger partial charge in [-0.3, -0.25) is 9.59 Å². The van der Waals surface area contributed by atoms with Crippen LogP contribution in [0.3, 0.4) is 0 Å². The van der Waals surface area contributed by atoms with Gasteiger partial charge in [-0.1, -0.05) is 48.1 Å². The van der Waals surface area contributed by atoms with Crippen molar-refractivity contribution < 1.29 is 19.5 Å². The molecule has 2 fully saturated rings. The Kier molecular flexibility index (Phi) is 3.81. The first-order valence-corrected chi connectivity index (χ1v) is 9.64. The van der Waals surface area contributed by atoms with E-state index < -0.39 is 5.97 Å². The number of hydrogen-bond acceptors (Lipinski definition) is 3. The molecule has 0 spiro atoms. The molecule has 0 aromatic heterocycles. The van der Waals surface area contributed by atoms with Crippen LogP contribution in [0, 0.1) is 23.7 Å². The van der Waals surface area contributed by atoms with E-state index in [2.05, 4.69) is 31.2 Å². The molecule has 2 aliphatic carbocycles. The molecule has 1 saturated carbocycles. The number of allylic oxidation sites excluding steroid dienone is 4. The Morgan fingerprint density at radius 3 is 1.90 bits per heavy atom. The van der Waals surface area contributed by atoms with Crippen molar-refractivity contribution in [1.29, 1.82) is 0 Å². The average Bonchev–Trinajstić information content (AvgIpc) is 3.38. The van der Waals surface area contributed by atoms with E-state index in [9.17, 15) is 14.4 Å². The quantitative estimate of drug-likeness (QED) is 0.645. The standard InChI is InChI=1S/C24H19NO4/c1-13(14-5-3-2-4-6-14)19-17-11-12-18(19)21-20(17)22(26)25(23(21)27)16-9-7-15(8-10-16)24(28)29/h2-12,17-18,20-21H,1H3,(H,28,29)/t17-,18-,20-,21+/m1/s1. The van der Waals surface area contributed by atoms with Crippen molar-refractivity contribution in [3.05, 3.63) is 83.4 Å². The smallest absolute Gasteiger partial charge is 0.335 e. The third-order valence-electron chi connectivity index (χ3n) is 6.43. The van der Waals surface area contributed by atoms with Crippen LogP contribution in [-0.2, 0) is 9.59 Å². The first kappa shape index (κ1) is 17.6. The van der Waals surface area contributed by atoms with E-state index in [0.717, 1.165) is 11.1 Å². The van der Waals surface area contributed by atoms with Crippen LogP contribution in [0.2, 0.25) is 0 Å². The molecule has 5 rings (SSSR count). The van der Waals surface area contributed by atoms with Gasteiger partial charge in [0.2, 0.25) is 11.8 Å². The van der Waals surface area contributed by atoms with E-state index in [0.29, 0.717) is 5.69 Å². The van der Waals surface area contributed by atoms with Gasteiger partial charge in [-0.2, -0.15) is 0 Å². The van der Waals surface area contributed by atoms with Crippen LogP contribution in [0.1, 0.15) is 22.8 Å². The van der Waals surface area contributed by atoms with Crippen molar-refractivity contribution in [3.63, 3.8) is 0 Å². The van der Waals surface area contributed by atoms with Crippen LogP contribution in [0.4, 0.5) is 5.69 Å². The fourth-order valence-electron chi connectivity index (χ4n) is 5.13. The van der Waals surface area contributed by atoms with E-state index in [4.69, 9.17) is 5.11 Å². The number of hydrogen-bond donors (Lipinski definition) is 1. The van der Waals surface area contributed by atoms with E-state index in [-0.39, 0.29) is 41.0 Å². The van der Waals surface area contributed by atoms with E-state index >= 15 is 0 Å². The summed E-state index contributed by atoms with van der Waals surface area (Å²) in [6.07, 6.45) is 4.13. The predicted molar refractivity (Wildman–Crippen MR) is 108 cm³/mol. The number of nitrogens with zero attached hydrogens (tertiary/aromatic N) is 1. The molecule has 1 saturated heterocycles. The first-order chi connectivity index (χ1) is 14.0. The zero-order valence-corrected chi connectivity index (χ0v) is 15.8. The summed E-state index contributed by atoms with van der Waals surface area (Å²) in [7, 11) is 0. The second-order valence-electron chi connectivity index (χ2n) is 7.80. The SMILES string of the molecule is CC(=C1[C@H]2C=C[C@H]1[C@H]1C(=O)N(c3ccc(C(=O)O)cc3)C(=O)[C@H]12)c1ccccc1. The first-order valence-electron chi connectivity index (χ1n) is 9.64. The number of aromatic carboxylic acids is 1. The molecule has 29 heavy (non-hydrogen) atoms. The highest BCUT2D eigenvalue weighted by molar-refractivity contribution is 6.23. The maximum absolute atomic E-state index is 13.2. The van der Waals surface area contributed by atoms with Gasteiger partial charge in [0.25, 0.3) is 0 Å². The molecule has 2 bridgehead atoms. The largest absolute Gasteiger partial charge is 0.478 e. The third kappa shape index (κ3) is 2.43. The fourth-order valence-corrected chi connectivity index (χ4v) is 5.13. The molecule has 2 aromatic rings. The zero-order chi connectivity index (χ0) is 20.3. The summed E-state index contributed by atoms with van der Waals surface area (Å²) in [6, 6.07) is 16.0. The number of benzene rings is 2. The molecule has 2 aromatic carbocycles. The Balaban J connectivity index is 1.51. The monoisotopic (exact) mass is 385 g/mol. The maximum Gasteiger partial charge on any atom is 0.335 e. The van der Waals surface area contributed by atoms with Crippen LogP contribution in [0.5, 0.6) is 0 Å². The lowest BCUT2D eigenvalue weighted by atomic mass is 9.85. The van der Waals surface area contributed by atoms with Crippen LogP contribution in [0.15, 0.2) is 72.3 Å². The molecule has 5 heteroatoms. The van der Waals surface area contributed by atoms with Crippen molar-refractivity contribution in [2.75, 3.05) is 4.90 Å². The van der Waals surface area contributed by atoms with Gasteiger partial charge in [-0.25, -0.2) is 9.69 Å². The number of carbonyl (C=O) groups is 3. The van der Waals surface area contributed by atoms with Crippen LogP contribution in [-0.4, -0.2) is 22.9 Å². The van der Waals surface area contributed by atoms with Gasteiger partial charge in [-0.05, 0) is 42.3 Å². The molecule has 2 amide bonds. The van der Waals surface area contributed by atoms with Gasteiger partial charge in [0.15, 0.2) is 0 Å². The number of carboxylic acid groups (broad SMARTS) is 1. The summed E-state index contributed by atoms with van der Waals surface area (Å²) in [5.41, 5.74) is 3.98. The van der Waals surface area contributed by atoms with E-state index in [1.54, 1.807) is 0 Å². The molecular weight excluding hydrogens is 366 g/mol. The predicted octanol–water partition coefficient (Wildman–Crippen LogP) is 3.78. The molecule has 1 heterocycles. The fraction of sp³-hybridized carbons (Fsp3) is 0.208. The highest BCUT2D eigenvalue weighted by Gasteiger charge is 2.62. The van der Waals surface area contributed by atoms with Gasteiger partial charge in [-0.15, -0.1) is 0 Å². The number of anilines is 1. The van der Waals surface area contributed by atoms with Gasteiger partial charge < -0.3 is 5.11 Å². The lowest BCUT2D eigenvalue weighted by molar-refractivity contribution is -0.122. The van der Waals surface area contributed by atoms with Crippen LogP contribution >= 0.6 is 0 Å². The Morgan fingerprint density at radius 2 is 1.38 bits per heavy atom. The summed E-state index contributed by atoms with van der Waals surface area (Å²) in [4.78, 5) is 38.8. The van der Waals surface area contributed by atoms with Gasteiger partial charge in [0, 0.05) is 11.8 Å². The molecule has 5 nitrogen and oxygen atoms in total. The molecule has 0 radical (unpaired) electrons. The van der Waals surface area contributed by atoms with Crippen molar-refractivity contribution in [1.82, 2.24) is 0 Å². The minimum absolute atomic E-state index is 0.0649. The van der Waals surface area contributed by atoms with Crippen molar-refractivity contribution in [2.24, 2.45) is 23.7 Å². The lowest BCUT2D eigenvalue weighted by Crippen LogP contribution is -2.33. The van der Waals surface area contributed by atoms with E-state index in [1.807, 2.05) is 18.2 Å². The second kappa shape index (κ2) is 6.27. The molecule has 3 aliphatic rings. The third-order valence-corrected chi connectivity index (χ3v) is 6.43. The molecular formula is C24H19NO4. The summed E-state index contributed by atoms with van der Waals surface area (Å²) in [5.74, 6) is -2.33. The van der Waals surface area contributed by atoms with E-state index in [1.165, 1.54) is 34.7 Å². The molecule has 0 unspecified atom stereocenters. The average molecular weight is 385 g/mol. The van der Waals surface area contributed by atoms with Crippen LogP contribution < -0.4 is 4.90 Å². The number of amides is 2. The van der Waals surface area contributed by atoms with Gasteiger partial charge in [0.1, 0.15) is 0 Å². The molecule has 4 atom stereocenters. The molecule has 1 aliphatic heterocycles. The van der Waals surface area contributed by atoms with Crippen molar-refractivity contribution in [3.8, 4) is 0 Å². The summed E-state index contributed by atoms with van der Waals surface area (Å²) < 4.78 is 0. The number of carbonyl (C=O) groups excluding carboxylic acids is 2. The highest BCUT2D eigenvalue weighted by Crippen LogP contribution is 2.58. The number of carboxylic acids is 1. The number of fused-ring (bicyclic) bond motifs is 5. The maximum atomic E-state index is 13.2.